The van der Waals surface area contributed by atoms with Crippen LogP contribution in [0.3, 0.4) is 0 Å². The SMILES string of the molecule is O=C1OC(CO)CN1c1ccc2c(c1)CCCCN2C(=O)OCc1ccccc1. The first-order valence-electron chi connectivity index (χ1n) is 9.86. The van der Waals surface area contributed by atoms with E-state index < -0.39 is 12.2 Å². The van der Waals surface area contributed by atoms with E-state index in [4.69, 9.17) is 9.47 Å². The van der Waals surface area contributed by atoms with E-state index >= 15 is 0 Å². The van der Waals surface area contributed by atoms with Crippen LogP contribution in [0.25, 0.3) is 0 Å². The fraction of sp³-hybridized carbons (Fsp3) is 0.364. The molecule has 7 heteroatoms. The lowest BCUT2D eigenvalue weighted by Gasteiger charge is -2.23. The number of benzene rings is 2. The van der Waals surface area contributed by atoms with Gasteiger partial charge in [0.05, 0.1) is 18.8 Å². The van der Waals surface area contributed by atoms with Gasteiger partial charge in [-0.1, -0.05) is 30.3 Å². The Hall–Kier alpha value is -3.06. The van der Waals surface area contributed by atoms with Crippen molar-refractivity contribution in [2.24, 2.45) is 0 Å². The van der Waals surface area contributed by atoms with Crippen molar-refractivity contribution in [3.8, 4) is 0 Å². The maximum Gasteiger partial charge on any atom is 0.414 e. The largest absolute Gasteiger partial charge is 0.444 e. The van der Waals surface area contributed by atoms with Crippen LogP contribution in [-0.2, 0) is 22.5 Å². The number of anilines is 2. The van der Waals surface area contributed by atoms with Crippen molar-refractivity contribution in [2.75, 3.05) is 29.5 Å². The smallest absolute Gasteiger partial charge is 0.414 e. The molecule has 0 bridgehead atoms. The minimum Gasteiger partial charge on any atom is -0.444 e. The van der Waals surface area contributed by atoms with Gasteiger partial charge in [0, 0.05) is 12.2 Å². The number of aliphatic hydroxyl groups is 1. The Labute approximate surface area is 169 Å². The van der Waals surface area contributed by atoms with Crippen LogP contribution in [-0.4, -0.2) is 43.1 Å². The van der Waals surface area contributed by atoms with Gasteiger partial charge < -0.3 is 14.6 Å². The van der Waals surface area contributed by atoms with Gasteiger partial charge in [0.15, 0.2) is 0 Å². The van der Waals surface area contributed by atoms with Gasteiger partial charge in [0.1, 0.15) is 12.7 Å². The van der Waals surface area contributed by atoms with E-state index in [-0.39, 0.29) is 19.3 Å². The number of fused-ring (bicyclic) bond motifs is 1. The van der Waals surface area contributed by atoms with Crippen LogP contribution in [0.4, 0.5) is 21.0 Å². The highest BCUT2D eigenvalue weighted by Crippen LogP contribution is 2.32. The molecule has 29 heavy (non-hydrogen) atoms. The summed E-state index contributed by atoms with van der Waals surface area (Å²) in [5.74, 6) is 0. The van der Waals surface area contributed by atoms with Crippen molar-refractivity contribution in [1.29, 1.82) is 0 Å². The van der Waals surface area contributed by atoms with Gasteiger partial charge in [-0.2, -0.15) is 0 Å². The average Bonchev–Trinajstić information content (AvgIpc) is 3.00. The van der Waals surface area contributed by atoms with Crippen molar-refractivity contribution >= 4 is 23.6 Å². The lowest BCUT2D eigenvalue weighted by atomic mass is 10.1. The van der Waals surface area contributed by atoms with E-state index in [0.717, 1.165) is 36.1 Å². The quantitative estimate of drug-likeness (QED) is 0.856. The van der Waals surface area contributed by atoms with E-state index in [1.54, 1.807) is 4.90 Å². The number of hydrogen-bond acceptors (Lipinski definition) is 5. The van der Waals surface area contributed by atoms with Crippen LogP contribution in [0.15, 0.2) is 48.5 Å². The van der Waals surface area contributed by atoms with Gasteiger partial charge in [-0.15, -0.1) is 0 Å². The molecule has 0 spiro atoms. The number of amides is 2. The molecule has 0 aliphatic carbocycles. The number of carbonyl (C=O) groups is 2. The summed E-state index contributed by atoms with van der Waals surface area (Å²) in [4.78, 5) is 28.0. The van der Waals surface area contributed by atoms with Crippen molar-refractivity contribution in [3.63, 3.8) is 0 Å². The lowest BCUT2D eigenvalue weighted by molar-refractivity contribution is 0.0963. The molecule has 2 amide bonds. The van der Waals surface area contributed by atoms with Crippen LogP contribution in [0.1, 0.15) is 24.0 Å². The molecule has 1 atom stereocenters. The predicted molar refractivity (Wildman–Crippen MR) is 108 cm³/mol. The second kappa shape index (κ2) is 8.53. The molecule has 2 aromatic carbocycles. The number of aliphatic hydroxyl groups excluding tert-OH is 1. The van der Waals surface area contributed by atoms with E-state index in [0.29, 0.717) is 18.8 Å². The first kappa shape index (κ1) is 19.3. The van der Waals surface area contributed by atoms with Crippen LogP contribution < -0.4 is 9.80 Å². The molecule has 1 fully saturated rings. The number of ether oxygens (including phenoxy) is 2. The first-order valence-corrected chi connectivity index (χ1v) is 9.86. The topological polar surface area (TPSA) is 79.3 Å². The third kappa shape index (κ3) is 4.19. The Kier molecular flexibility index (Phi) is 5.67. The predicted octanol–water partition coefficient (Wildman–Crippen LogP) is 3.48. The second-order valence-electron chi connectivity index (χ2n) is 7.26. The van der Waals surface area contributed by atoms with Gasteiger partial charge in [-0.3, -0.25) is 9.80 Å². The second-order valence-corrected chi connectivity index (χ2v) is 7.26. The molecule has 7 nitrogen and oxygen atoms in total. The summed E-state index contributed by atoms with van der Waals surface area (Å²) >= 11 is 0. The molecular formula is C22H24N2O5. The minimum absolute atomic E-state index is 0.200. The van der Waals surface area contributed by atoms with Gasteiger partial charge >= 0.3 is 12.2 Å². The Balaban J connectivity index is 1.52. The highest BCUT2D eigenvalue weighted by Gasteiger charge is 2.32. The van der Waals surface area contributed by atoms with E-state index in [9.17, 15) is 14.7 Å². The van der Waals surface area contributed by atoms with Crippen LogP contribution in [0.2, 0.25) is 0 Å². The third-order valence-electron chi connectivity index (χ3n) is 5.25. The van der Waals surface area contributed by atoms with Crippen LogP contribution >= 0.6 is 0 Å². The normalized spacial score (nSPS) is 18.8. The van der Waals surface area contributed by atoms with Crippen molar-refractivity contribution in [2.45, 2.75) is 32.0 Å². The monoisotopic (exact) mass is 396 g/mol. The molecular weight excluding hydrogens is 372 g/mol. The molecule has 2 aromatic rings. The number of rotatable bonds is 4. The number of nitrogens with zero attached hydrogens (tertiary/aromatic N) is 2. The van der Waals surface area contributed by atoms with Gasteiger partial charge in [-0.05, 0) is 48.6 Å². The number of carbonyl (C=O) groups excluding carboxylic acids is 2. The summed E-state index contributed by atoms with van der Waals surface area (Å²) in [5, 5.41) is 9.24. The fourth-order valence-electron chi connectivity index (χ4n) is 3.72. The van der Waals surface area contributed by atoms with Crippen LogP contribution in [0, 0.1) is 0 Å². The maximum absolute atomic E-state index is 12.8. The van der Waals surface area contributed by atoms with Crippen LogP contribution in [0.5, 0.6) is 0 Å². The van der Waals surface area contributed by atoms with Gasteiger partial charge in [0.25, 0.3) is 0 Å². The molecule has 4 rings (SSSR count). The summed E-state index contributed by atoms with van der Waals surface area (Å²) in [6.45, 7) is 0.940. The summed E-state index contributed by atoms with van der Waals surface area (Å²) in [6.07, 6.45) is 1.30. The van der Waals surface area contributed by atoms with Crippen molar-refractivity contribution < 1.29 is 24.2 Å². The Morgan fingerprint density at radius 3 is 2.76 bits per heavy atom. The Morgan fingerprint density at radius 2 is 2.00 bits per heavy atom. The van der Waals surface area contributed by atoms with E-state index in [1.807, 2.05) is 48.5 Å². The molecule has 0 aromatic heterocycles. The third-order valence-corrected chi connectivity index (χ3v) is 5.25. The Bertz CT molecular complexity index is 886. The zero-order valence-electron chi connectivity index (χ0n) is 16.1. The Morgan fingerprint density at radius 1 is 1.17 bits per heavy atom. The fourth-order valence-corrected chi connectivity index (χ4v) is 3.72. The highest BCUT2D eigenvalue weighted by molar-refractivity contribution is 5.92. The molecule has 0 radical (unpaired) electrons. The number of aryl methyl sites for hydroxylation is 1. The molecule has 2 aliphatic rings. The van der Waals surface area contributed by atoms with Crippen molar-refractivity contribution in [1.82, 2.24) is 0 Å². The standard InChI is InChI=1S/C22H24N2O5/c25-14-19-13-24(22(27)29-19)18-9-10-20-17(12-18)8-4-5-11-23(20)21(26)28-15-16-6-2-1-3-7-16/h1-3,6-7,9-10,12,19,25H,4-5,8,11,13-15H2. The zero-order chi connectivity index (χ0) is 20.2. The molecule has 152 valence electrons. The lowest BCUT2D eigenvalue weighted by Crippen LogP contribution is -2.32. The van der Waals surface area contributed by atoms with E-state index in [2.05, 4.69) is 0 Å². The summed E-state index contributed by atoms with van der Waals surface area (Å²) in [5.41, 5.74) is 3.47. The molecule has 2 aliphatic heterocycles. The zero-order valence-corrected chi connectivity index (χ0v) is 16.1. The molecule has 1 unspecified atom stereocenters. The van der Waals surface area contributed by atoms with Crippen molar-refractivity contribution in [3.05, 3.63) is 59.7 Å². The molecule has 1 N–H and O–H groups in total. The number of hydrogen-bond donors (Lipinski definition) is 1. The molecule has 0 saturated carbocycles. The molecule has 1 saturated heterocycles. The summed E-state index contributed by atoms with van der Waals surface area (Å²) in [6, 6.07) is 15.2. The minimum atomic E-state index is -0.509. The average molecular weight is 396 g/mol. The highest BCUT2D eigenvalue weighted by atomic mass is 16.6. The van der Waals surface area contributed by atoms with Gasteiger partial charge in [-0.25, -0.2) is 9.59 Å². The summed E-state index contributed by atoms with van der Waals surface area (Å²) < 4.78 is 10.7. The van der Waals surface area contributed by atoms with Gasteiger partial charge in [0.2, 0.25) is 0 Å². The molecule has 2 heterocycles. The summed E-state index contributed by atoms with van der Waals surface area (Å²) in [7, 11) is 0. The maximum atomic E-state index is 12.8. The first-order chi connectivity index (χ1) is 14.2. The number of cyclic esters (lactones) is 1. The van der Waals surface area contributed by atoms with E-state index in [1.165, 1.54) is 4.90 Å².